The molecule has 1 heterocycles. The summed E-state index contributed by atoms with van der Waals surface area (Å²) in [6.07, 6.45) is 1.14. The highest BCUT2D eigenvalue weighted by molar-refractivity contribution is 7.98. The highest BCUT2D eigenvalue weighted by Crippen LogP contribution is 2.35. The van der Waals surface area contributed by atoms with E-state index in [1.54, 1.807) is 35.2 Å². The van der Waals surface area contributed by atoms with Gasteiger partial charge in [-0.2, -0.15) is 14.0 Å². The quantitative estimate of drug-likeness (QED) is 0.257. The second kappa shape index (κ2) is 9.33. The molecule has 2 aromatic carbocycles. The predicted octanol–water partition coefficient (Wildman–Crippen LogP) is 7.88. The number of thioether (sulfide) groups is 1. The number of thiazole rings is 1. The minimum atomic E-state index is -3.03. The molecule has 31 heavy (non-hydrogen) atoms. The average Bonchev–Trinajstić information content (AvgIpc) is 3.13. The molecule has 0 saturated heterocycles. The van der Waals surface area contributed by atoms with Crippen LogP contribution in [0.4, 0.5) is 8.78 Å². The second-order valence-electron chi connectivity index (χ2n) is 7.96. The van der Waals surface area contributed by atoms with E-state index >= 15 is 0 Å². The van der Waals surface area contributed by atoms with Crippen molar-refractivity contribution in [2.45, 2.75) is 49.2 Å². The van der Waals surface area contributed by atoms with Gasteiger partial charge in [-0.15, -0.1) is 23.1 Å². The number of nitriles is 1. The Hall–Kier alpha value is -2.49. The molecule has 0 N–H and O–H groups in total. The van der Waals surface area contributed by atoms with Crippen molar-refractivity contribution in [1.29, 1.82) is 5.26 Å². The highest BCUT2D eigenvalue weighted by Gasteiger charge is 2.26. The lowest BCUT2D eigenvalue weighted by atomic mass is 9.82. The van der Waals surface area contributed by atoms with Crippen molar-refractivity contribution in [2.75, 3.05) is 0 Å². The Bertz CT molecular complexity index is 1090. The van der Waals surface area contributed by atoms with Crippen molar-refractivity contribution in [3.05, 3.63) is 82.9 Å². The summed E-state index contributed by atoms with van der Waals surface area (Å²) in [6, 6.07) is 16.8. The molecule has 6 heteroatoms. The first-order valence-electron chi connectivity index (χ1n) is 9.85. The lowest BCUT2D eigenvalue weighted by molar-refractivity contribution is 0.0526. The number of allylic oxidation sites excluding steroid dienone is 1. The minimum Gasteiger partial charge on any atom is -0.241 e. The molecule has 3 rings (SSSR count). The zero-order chi connectivity index (χ0) is 22.6. The van der Waals surface area contributed by atoms with E-state index in [0.29, 0.717) is 12.5 Å². The number of nitrogens with zero attached hydrogens (tertiary/aromatic N) is 2. The molecule has 0 bridgehead atoms. The van der Waals surface area contributed by atoms with Gasteiger partial charge in [0, 0.05) is 38.5 Å². The van der Waals surface area contributed by atoms with Crippen molar-refractivity contribution >= 4 is 23.1 Å². The van der Waals surface area contributed by atoms with Gasteiger partial charge in [0.1, 0.15) is 5.01 Å². The zero-order valence-electron chi connectivity index (χ0n) is 17.8. The van der Waals surface area contributed by atoms with Crippen LogP contribution in [0.25, 0.3) is 10.6 Å². The number of hydrogen-bond acceptors (Lipinski definition) is 4. The molecule has 0 unspecified atom stereocenters. The molecule has 0 aliphatic rings. The summed E-state index contributed by atoms with van der Waals surface area (Å²) in [5.74, 6) is -2.24. The van der Waals surface area contributed by atoms with Crippen molar-refractivity contribution in [3.63, 3.8) is 0 Å². The summed E-state index contributed by atoms with van der Waals surface area (Å²) in [4.78, 5) is 6.95. The Labute approximate surface area is 190 Å². The van der Waals surface area contributed by atoms with E-state index in [2.05, 4.69) is 55.7 Å². The van der Waals surface area contributed by atoms with E-state index in [9.17, 15) is 8.78 Å². The van der Waals surface area contributed by atoms with Crippen LogP contribution < -0.4 is 0 Å². The van der Waals surface area contributed by atoms with E-state index < -0.39 is 5.92 Å². The van der Waals surface area contributed by atoms with Crippen molar-refractivity contribution in [1.82, 2.24) is 4.98 Å². The van der Waals surface area contributed by atoms with Crippen molar-refractivity contribution in [2.24, 2.45) is 0 Å². The van der Waals surface area contributed by atoms with Crippen LogP contribution in [0.2, 0.25) is 0 Å². The SMILES string of the molecule is C=CC(F)(F)c1ccc(-c2nc(C)c(CSc3ccc(C(C)(C)CC#N)cc3)s2)cc1. The average molecular weight is 455 g/mol. The van der Waals surface area contributed by atoms with Gasteiger partial charge >= 0.3 is 0 Å². The maximum absolute atomic E-state index is 13.7. The van der Waals surface area contributed by atoms with Crippen LogP contribution in [0.3, 0.4) is 0 Å². The molecule has 0 amide bonds. The molecule has 2 nitrogen and oxygen atoms in total. The molecule has 0 atom stereocenters. The van der Waals surface area contributed by atoms with Crippen LogP contribution in [0.1, 0.15) is 42.0 Å². The summed E-state index contributed by atoms with van der Waals surface area (Å²) in [5, 5.41) is 9.83. The number of hydrogen-bond donors (Lipinski definition) is 0. The number of aromatic nitrogens is 1. The maximum atomic E-state index is 13.7. The van der Waals surface area contributed by atoms with Crippen LogP contribution >= 0.6 is 23.1 Å². The third-order valence-electron chi connectivity index (χ3n) is 5.19. The maximum Gasteiger partial charge on any atom is 0.291 e. The molecule has 0 radical (unpaired) electrons. The fourth-order valence-corrected chi connectivity index (χ4v) is 5.20. The first-order valence-corrected chi connectivity index (χ1v) is 11.7. The summed E-state index contributed by atoms with van der Waals surface area (Å²) in [5.41, 5.74) is 2.71. The van der Waals surface area contributed by atoms with Gasteiger partial charge < -0.3 is 0 Å². The zero-order valence-corrected chi connectivity index (χ0v) is 19.4. The first kappa shape index (κ1) is 23.2. The topological polar surface area (TPSA) is 36.7 Å². The van der Waals surface area contributed by atoms with Gasteiger partial charge in [0.15, 0.2) is 0 Å². The molecule has 0 fully saturated rings. The molecule has 0 spiro atoms. The smallest absolute Gasteiger partial charge is 0.241 e. The molecule has 1 aromatic heterocycles. The van der Waals surface area contributed by atoms with Crippen LogP contribution in [-0.4, -0.2) is 4.98 Å². The van der Waals surface area contributed by atoms with Crippen LogP contribution in [0.15, 0.2) is 66.1 Å². The lowest BCUT2D eigenvalue weighted by Gasteiger charge is -2.21. The van der Waals surface area contributed by atoms with Crippen molar-refractivity contribution in [3.8, 4) is 16.6 Å². The van der Waals surface area contributed by atoms with E-state index in [0.717, 1.165) is 37.4 Å². The Morgan fingerprint density at radius 1 is 1.10 bits per heavy atom. The van der Waals surface area contributed by atoms with E-state index in [4.69, 9.17) is 5.26 Å². The van der Waals surface area contributed by atoms with Crippen LogP contribution in [-0.2, 0) is 17.1 Å². The van der Waals surface area contributed by atoms with Gasteiger partial charge in [-0.25, -0.2) is 4.98 Å². The minimum absolute atomic E-state index is 0.0725. The molecule has 0 saturated carbocycles. The molecule has 0 aliphatic heterocycles. The van der Waals surface area contributed by atoms with Gasteiger partial charge in [-0.3, -0.25) is 0 Å². The summed E-state index contributed by atoms with van der Waals surface area (Å²) in [7, 11) is 0. The molecular weight excluding hydrogens is 430 g/mol. The summed E-state index contributed by atoms with van der Waals surface area (Å²) >= 11 is 3.32. The molecule has 0 aliphatic carbocycles. The van der Waals surface area contributed by atoms with E-state index in [-0.39, 0.29) is 11.0 Å². The number of halogens is 2. The predicted molar refractivity (Wildman–Crippen MR) is 126 cm³/mol. The van der Waals surface area contributed by atoms with Crippen LogP contribution in [0.5, 0.6) is 0 Å². The third-order valence-corrected chi connectivity index (χ3v) is 7.62. The van der Waals surface area contributed by atoms with E-state index in [1.165, 1.54) is 12.1 Å². The first-order chi connectivity index (χ1) is 14.7. The molecular formula is C25H24F2N2S2. The van der Waals surface area contributed by atoms with Gasteiger partial charge in [0.2, 0.25) is 0 Å². The third kappa shape index (κ3) is 5.41. The Kier molecular flexibility index (Phi) is 6.98. The lowest BCUT2D eigenvalue weighted by Crippen LogP contribution is -2.15. The fourth-order valence-electron chi connectivity index (χ4n) is 3.09. The monoisotopic (exact) mass is 454 g/mol. The van der Waals surface area contributed by atoms with Gasteiger partial charge in [0.25, 0.3) is 5.92 Å². The van der Waals surface area contributed by atoms with Crippen LogP contribution in [0, 0.1) is 18.3 Å². The highest BCUT2D eigenvalue weighted by atomic mass is 32.2. The summed E-state index contributed by atoms with van der Waals surface area (Å²) < 4.78 is 27.5. The number of aryl methyl sites for hydroxylation is 1. The summed E-state index contributed by atoms with van der Waals surface area (Å²) in [6.45, 7) is 9.33. The Morgan fingerprint density at radius 2 is 1.71 bits per heavy atom. The van der Waals surface area contributed by atoms with Gasteiger partial charge in [-0.05, 0) is 30.7 Å². The number of benzene rings is 2. The molecule has 3 aromatic rings. The Balaban J connectivity index is 1.69. The second-order valence-corrected chi connectivity index (χ2v) is 10.1. The van der Waals surface area contributed by atoms with Gasteiger partial charge in [-0.1, -0.05) is 56.8 Å². The number of rotatable bonds is 8. The Morgan fingerprint density at radius 3 is 2.29 bits per heavy atom. The molecule has 160 valence electrons. The largest absolute Gasteiger partial charge is 0.291 e. The van der Waals surface area contributed by atoms with E-state index in [1.807, 2.05) is 6.92 Å². The number of alkyl halides is 2. The fraction of sp³-hybridized carbons (Fsp3) is 0.280. The van der Waals surface area contributed by atoms with Crippen molar-refractivity contribution < 1.29 is 8.78 Å². The standard InChI is InChI=1S/C25H24F2N2S2/c1-5-25(26,27)20-8-6-18(7-9-20)23-29-17(2)22(31-23)16-30-21-12-10-19(11-13-21)24(3,4)14-15-28/h5-13H,1,14,16H2,2-4H3. The van der Waals surface area contributed by atoms with Gasteiger partial charge in [0.05, 0.1) is 11.8 Å². The normalized spacial score (nSPS) is 11.9.